The zero-order valence-corrected chi connectivity index (χ0v) is 6.27. The molecule has 9 heavy (non-hydrogen) atoms. The van der Waals surface area contributed by atoms with Crippen molar-refractivity contribution in [1.29, 1.82) is 0 Å². The van der Waals surface area contributed by atoms with E-state index in [2.05, 4.69) is 19.6 Å². The van der Waals surface area contributed by atoms with Gasteiger partial charge in [-0.2, -0.15) is 0 Å². The van der Waals surface area contributed by atoms with Crippen LogP contribution in [0.15, 0.2) is 12.7 Å². The Balaban J connectivity index is 2.41. The van der Waals surface area contributed by atoms with Crippen molar-refractivity contribution in [2.45, 2.75) is 32.6 Å². The molecule has 0 aromatic heterocycles. The molecule has 1 saturated carbocycles. The monoisotopic (exact) mass is 124 g/mol. The smallest absolute Gasteiger partial charge is 0.0208 e. The molecule has 1 aliphatic carbocycles. The van der Waals surface area contributed by atoms with Gasteiger partial charge in [-0.1, -0.05) is 25.8 Å². The molecule has 1 rings (SSSR count). The van der Waals surface area contributed by atoms with Gasteiger partial charge in [-0.25, -0.2) is 0 Å². The summed E-state index contributed by atoms with van der Waals surface area (Å²) >= 11 is 0. The lowest BCUT2D eigenvalue weighted by Gasteiger charge is -2.11. The van der Waals surface area contributed by atoms with Gasteiger partial charge in [0.2, 0.25) is 0 Å². The quantitative estimate of drug-likeness (QED) is 0.496. The molecule has 0 heteroatoms. The molecule has 0 heterocycles. The second kappa shape index (κ2) is 3.05. The van der Waals surface area contributed by atoms with Gasteiger partial charge in [-0.05, 0) is 24.7 Å². The summed E-state index contributed by atoms with van der Waals surface area (Å²) in [7, 11) is 0. The van der Waals surface area contributed by atoms with Gasteiger partial charge in [0.25, 0.3) is 0 Å². The average molecular weight is 124 g/mol. The SMILES string of the molecule is C=CC1CCCC1CC. The van der Waals surface area contributed by atoms with Crippen LogP contribution in [0.1, 0.15) is 32.6 Å². The van der Waals surface area contributed by atoms with Gasteiger partial charge in [0.15, 0.2) is 0 Å². The molecule has 1 fully saturated rings. The van der Waals surface area contributed by atoms with E-state index in [1.54, 1.807) is 0 Å². The second-order valence-electron chi connectivity index (χ2n) is 3.00. The number of hydrogen-bond acceptors (Lipinski definition) is 0. The highest BCUT2D eigenvalue weighted by Crippen LogP contribution is 2.34. The summed E-state index contributed by atoms with van der Waals surface area (Å²) in [6.45, 7) is 6.13. The molecule has 0 aromatic rings. The largest absolute Gasteiger partial charge is 0.103 e. The molecule has 0 spiro atoms. The number of hydrogen-bond donors (Lipinski definition) is 0. The standard InChI is InChI=1S/C9H16/c1-3-8-6-5-7-9(8)4-2/h3,8-9H,1,4-7H2,2H3. The van der Waals surface area contributed by atoms with Crippen molar-refractivity contribution >= 4 is 0 Å². The van der Waals surface area contributed by atoms with Gasteiger partial charge in [0.05, 0.1) is 0 Å². The Labute approximate surface area is 58.0 Å². The summed E-state index contributed by atoms with van der Waals surface area (Å²) in [5, 5.41) is 0. The van der Waals surface area contributed by atoms with Crippen molar-refractivity contribution in [2.75, 3.05) is 0 Å². The molecule has 0 bridgehead atoms. The minimum atomic E-state index is 0.843. The summed E-state index contributed by atoms with van der Waals surface area (Å²) < 4.78 is 0. The van der Waals surface area contributed by atoms with E-state index in [9.17, 15) is 0 Å². The molecule has 2 atom stereocenters. The summed E-state index contributed by atoms with van der Waals surface area (Å²) in [6.07, 6.45) is 7.74. The molecule has 1 aliphatic rings. The Morgan fingerprint density at radius 2 is 2.33 bits per heavy atom. The van der Waals surface area contributed by atoms with Crippen molar-refractivity contribution in [3.05, 3.63) is 12.7 Å². The fourth-order valence-electron chi connectivity index (χ4n) is 1.88. The maximum absolute atomic E-state index is 3.84. The first-order valence-electron chi connectivity index (χ1n) is 4.01. The third-order valence-corrected chi connectivity index (χ3v) is 2.54. The van der Waals surface area contributed by atoms with Crippen molar-refractivity contribution in [2.24, 2.45) is 11.8 Å². The number of allylic oxidation sites excluding steroid dienone is 1. The van der Waals surface area contributed by atoms with Crippen LogP contribution in [0.5, 0.6) is 0 Å². The Kier molecular flexibility index (Phi) is 2.32. The molecule has 52 valence electrons. The van der Waals surface area contributed by atoms with Gasteiger partial charge in [0.1, 0.15) is 0 Å². The molecular weight excluding hydrogens is 108 g/mol. The first-order valence-corrected chi connectivity index (χ1v) is 4.01. The molecule has 0 radical (unpaired) electrons. The lowest BCUT2D eigenvalue weighted by molar-refractivity contribution is 0.445. The van der Waals surface area contributed by atoms with E-state index in [0.29, 0.717) is 0 Å². The molecule has 2 unspecified atom stereocenters. The Morgan fingerprint density at radius 3 is 2.78 bits per heavy atom. The maximum Gasteiger partial charge on any atom is -0.0208 e. The Bertz CT molecular complexity index is 94.2. The zero-order chi connectivity index (χ0) is 6.69. The third kappa shape index (κ3) is 1.35. The molecule has 0 nitrogen and oxygen atoms in total. The molecule has 0 saturated heterocycles. The predicted octanol–water partition coefficient (Wildman–Crippen LogP) is 3.00. The van der Waals surface area contributed by atoms with Gasteiger partial charge in [-0.15, -0.1) is 6.58 Å². The van der Waals surface area contributed by atoms with Crippen LogP contribution in [-0.4, -0.2) is 0 Å². The van der Waals surface area contributed by atoms with Crippen LogP contribution in [0.25, 0.3) is 0 Å². The number of rotatable bonds is 2. The van der Waals surface area contributed by atoms with E-state index in [4.69, 9.17) is 0 Å². The normalized spacial score (nSPS) is 34.8. The second-order valence-corrected chi connectivity index (χ2v) is 3.00. The first-order chi connectivity index (χ1) is 4.38. The fraction of sp³-hybridized carbons (Fsp3) is 0.778. The van der Waals surface area contributed by atoms with Crippen LogP contribution in [0.3, 0.4) is 0 Å². The molecule has 0 N–H and O–H groups in total. The predicted molar refractivity (Wildman–Crippen MR) is 41.3 cm³/mol. The Morgan fingerprint density at radius 1 is 1.56 bits per heavy atom. The van der Waals surface area contributed by atoms with E-state index in [1.807, 2.05) is 0 Å². The Hall–Kier alpha value is -0.260. The van der Waals surface area contributed by atoms with Crippen molar-refractivity contribution in [3.63, 3.8) is 0 Å². The van der Waals surface area contributed by atoms with E-state index < -0.39 is 0 Å². The van der Waals surface area contributed by atoms with E-state index in [-0.39, 0.29) is 0 Å². The van der Waals surface area contributed by atoms with Crippen molar-refractivity contribution < 1.29 is 0 Å². The summed E-state index contributed by atoms with van der Waals surface area (Å²) in [6, 6.07) is 0. The van der Waals surface area contributed by atoms with Gasteiger partial charge < -0.3 is 0 Å². The molecular formula is C9H16. The summed E-state index contributed by atoms with van der Waals surface area (Å²) in [5.74, 6) is 1.80. The summed E-state index contributed by atoms with van der Waals surface area (Å²) in [5.41, 5.74) is 0. The van der Waals surface area contributed by atoms with E-state index in [1.165, 1.54) is 25.7 Å². The molecule has 0 aliphatic heterocycles. The molecule has 0 aromatic carbocycles. The zero-order valence-electron chi connectivity index (χ0n) is 6.27. The minimum absolute atomic E-state index is 0.843. The topological polar surface area (TPSA) is 0 Å². The summed E-state index contributed by atoms with van der Waals surface area (Å²) in [4.78, 5) is 0. The van der Waals surface area contributed by atoms with Crippen LogP contribution in [0.2, 0.25) is 0 Å². The van der Waals surface area contributed by atoms with Crippen LogP contribution < -0.4 is 0 Å². The van der Waals surface area contributed by atoms with Crippen molar-refractivity contribution in [1.82, 2.24) is 0 Å². The highest BCUT2D eigenvalue weighted by molar-refractivity contribution is 4.88. The van der Waals surface area contributed by atoms with Crippen LogP contribution in [0, 0.1) is 11.8 Å². The van der Waals surface area contributed by atoms with Crippen LogP contribution >= 0.6 is 0 Å². The average Bonchev–Trinajstić information content (AvgIpc) is 2.33. The highest BCUT2D eigenvalue weighted by atomic mass is 14.3. The maximum atomic E-state index is 3.84. The van der Waals surface area contributed by atoms with Gasteiger partial charge in [-0.3, -0.25) is 0 Å². The highest BCUT2D eigenvalue weighted by Gasteiger charge is 2.22. The first kappa shape index (κ1) is 6.85. The lowest BCUT2D eigenvalue weighted by Crippen LogP contribution is -2.01. The van der Waals surface area contributed by atoms with Crippen molar-refractivity contribution in [3.8, 4) is 0 Å². The van der Waals surface area contributed by atoms with Crippen LogP contribution in [0.4, 0.5) is 0 Å². The minimum Gasteiger partial charge on any atom is -0.103 e. The van der Waals surface area contributed by atoms with E-state index in [0.717, 1.165) is 11.8 Å². The van der Waals surface area contributed by atoms with Crippen LogP contribution in [-0.2, 0) is 0 Å². The lowest BCUT2D eigenvalue weighted by atomic mass is 9.94. The fourth-order valence-corrected chi connectivity index (χ4v) is 1.88. The van der Waals surface area contributed by atoms with E-state index >= 15 is 0 Å². The van der Waals surface area contributed by atoms with Gasteiger partial charge >= 0.3 is 0 Å². The van der Waals surface area contributed by atoms with Gasteiger partial charge in [0, 0.05) is 0 Å². The third-order valence-electron chi connectivity index (χ3n) is 2.54. The molecule has 0 amide bonds.